The van der Waals surface area contributed by atoms with Gasteiger partial charge in [0.25, 0.3) is 5.91 Å². The minimum Gasteiger partial charge on any atom is -0.504 e. The van der Waals surface area contributed by atoms with E-state index in [1.165, 1.54) is 12.3 Å². The number of halogens is 1. The fraction of sp³-hybridized carbons (Fsp3) is 0.211. The Morgan fingerprint density at radius 2 is 2.04 bits per heavy atom. The predicted molar refractivity (Wildman–Crippen MR) is 106 cm³/mol. The van der Waals surface area contributed by atoms with Crippen LogP contribution in [-0.2, 0) is 4.79 Å². The molecule has 0 saturated carbocycles. The molecule has 0 bridgehead atoms. The van der Waals surface area contributed by atoms with Gasteiger partial charge < -0.3 is 15.2 Å². The number of nitrogens with one attached hydrogen (secondary N) is 2. The first-order valence-corrected chi connectivity index (χ1v) is 9.11. The van der Waals surface area contributed by atoms with E-state index in [1.807, 2.05) is 13.0 Å². The Bertz CT molecular complexity index is 839. The third kappa shape index (κ3) is 6.41. The van der Waals surface area contributed by atoms with Crippen molar-refractivity contribution in [2.75, 3.05) is 13.2 Å². The fourth-order valence-corrected chi connectivity index (χ4v) is 2.61. The lowest BCUT2D eigenvalue weighted by molar-refractivity contribution is -0.120. The van der Waals surface area contributed by atoms with Gasteiger partial charge in [-0.15, -0.1) is 0 Å². The standard InChI is InChI=1S/C19H20BrN3O4/c1-2-27-17-11-13(7-8-16(17)24)12-22-23-18(25)9-10-21-19(26)14-5-3-4-6-15(14)20/h3-8,11-12,24H,2,9-10H2,1H3,(H,21,26)(H,23,25). The van der Waals surface area contributed by atoms with Crippen molar-refractivity contribution < 1.29 is 19.4 Å². The summed E-state index contributed by atoms with van der Waals surface area (Å²) in [5, 5.41) is 16.2. The number of hydrogen-bond donors (Lipinski definition) is 3. The molecule has 0 aliphatic heterocycles. The summed E-state index contributed by atoms with van der Waals surface area (Å²) in [7, 11) is 0. The SMILES string of the molecule is CCOc1cc(C=NNC(=O)CCNC(=O)c2ccccc2Br)ccc1O. The number of phenolic OH excluding ortho intramolecular Hbond substituents is 1. The molecule has 0 aromatic heterocycles. The van der Waals surface area contributed by atoms with E-state index in [1.54, 1.807) is 30.3 Å². The third-order valence-corrected chi connectivity index (χ3v) is 4.13. The number of ether oxygens (including phenoxy) is 1. The Morgan fingerprint density at radius 3 is 2.78 bits per heavy atom. The van der Waals surface area contributed by atoms with Gasteiger partial charge in [0, 0.05) is 17.4 Å². The molecule has 2 rings (SSSR count). The van der Waals surface area contributed by atoms with E-state index < -0.39 is 0 Å². The zero-order valence-electron chi connectivity index (χ0n) is 14.7. The molecule has 0 spiro atoms. The molecule has 2 amide bonds. The lowest BCUT2D eigenvalue weighted by Crippen LogP contribution is -2.29. The van der Waals surface area contributed by atoms with Crippen LogP contribution < -0.4 is 15.5 Å². The maximum Gasteiger partial charge on any atom is 0.252 e. The Labute approximate surface area is 165 Å². The topological polar surface area (TPSA) is 100 Å². The van der Waals surface area contributed by atoms with Gasteiger partial charge in [0.1, 0.15) is 0 Å². The summed E-state index contributed by atoms with van der Waals surface area (Å²) in [5.41, 5.74) is 3.56. The summed E-state index contributed by atoms with van der Waals surface area (Å²) in [5.74, 6) is -0.199. The molecule has 0 heterocycles. The quantitative estimate of drug-likeness (QED) is 0.440. The molecule has 0 atom stereocenters. The second kappa shape index (κ2) is 10.3. The Morgan fingerprint density at radius 1 is 1.26 bits per heavy atom. The van der Waals surface area contributed by atoms with Crippen molar-refractivity contribution in [3.63, 3.8) is 0 Å². The van der Waals surface area contributed by atoms with Crippen LogP contribution in [0.2, 0.25) is 0 Å². The number of carbonyl (C=O) groups is 2. The molecule has 27 heavy (non-hydrogen) atoms. The normalized spacial score (nSPS) is 10.6. The number of phenols is 1. The third-order valence-electron chi connectivity index (χ3n) is 3.44. The summed E-state index contributed by atoms with van der Waals surface area (Å²) < 4.78 is 5.97. The van der Waals surface area contributed by atoms with Gasteiger partial charge in [-0.3, -0.25) is 9.59 Å². The predicted octanol–water partition coefficient (Wildman–Crippen LogP) is 2.82. The monoisotopic (exact) mass is 433 g/mol. The molecular formula is C19H20BrN3O4. The maximum atomic E-state index is 12.0. The zero-order valence-corrected chi connectivity index (χ0v) is 16.3. The summed E-state index contributed by atoms with van der Waals surface area (Å²) >= 11 is 3.31. The average molecular weight is 434 g/mol. The molecule has 3 N–H and O–H groups in total. The Kier molecular flexibility index (Phi) is 7.81. The van der Waals surface area contributed by atoms with Crippen LogP contribution >= 0.6 is 15.9 Å². The lowest BCUT2D eigenvalue weighted by Gasteiger charge is -2.06. The van der Waals surface area contributed by atoms with Crippen LogP contribution in [0.25, 0.3) is 0 Å². The first kappa shape index (κ1) is 20.4. The number of aromatic hydroxyl groups is 1. The van der Waals surface area contributed by atoms with Crippen molar-refractivity contribution in [2.45, 2.75) is 13.3 Å². The first-order chi connectivity index (χ1) is 13.0. The van der Waals surface area contributed by atoms with Gasteiger partial charge in [-0.1, -0.05) is 12.1 Å². The number of carbonyl (C=O) groups excluding carboxylic acids is 2. The number of hydrogen-bond acceptors (Lipinski definition) is 5. The molecule has 142 valence electrons. The van der Waals surface area contributed by atoms with Crippen LogP contribution in [0, 0.1) is 0 Å². The van der Waals surface area contributed by atoms with E-state index >= 15 is 0 Å². The van der Waals surface area contributed by atoms with E-state index in [0.29, 0.717) is 28.0 Å². The number of amides is 2. The van der Waals surface area contributed by atoms with Crippen LogP contribution in [0.4, 0.5) is 0 Å². The van der Waals surface area contributed by atoms with Crippen molar-refractivity contribution in [3.05, 3.63) is 58.1 Å². The molecule has 7 nitrogen and oxygen atoms in total. The van der Waals surface area contributed by atoms with Crippen molar-refractivity contribution in [1.29, 1.82) is 0 Å². The molecular weight excluding hydrogens is 414 g/mol. The number of nitrogens with zero attached hydrogens (tertiary/aromatic N) is 1. The zero-order chi connectivity index (χ0) is 19.6. The highest BCUT2D eigenvalue weighted by atomic mass is 79.9. The molecule has 0 radical (unpaired) electrons. The van der Waals surface area contributed by atoms with E-state index in [4.69, 9.17) is 4.74 Å². The van der Waals surface area contributed by atoms with Crippen LogP contribution in [-0.4, -0.2) is 36.3 Å². The second-order valence-electron chi connectivity index (χ2n) is 5.44. The van der Waals surface area contributed by atoms with Crippen LogP contribution in [0.3, 0.4) is 0 Å². The van der Waals surface area contributed by atoms with Crippen molar-refractivity contribution in [1.82, 2.24) is 10.7 Å². The molecule has 0 unspecified atom stereocenters. The fourth-order valence-electron chi connectivity index (χ4n) is 2.15. The second-order valence-corrected chi connectivity index (χ2v) is 6.29. The van der Waals surface area contributed by atoms with E-state index in [0.717, 1.165) is 0 Å². The maximum absolute atomic E-state index is 12.0. The molecule has 0 fully saturated rings. The molecule has 0 aliphatic carbocycles. The van der Waals surface area contributed by atoms with Gasteiger partial charge in [0.05, 0.1) is 18.4 Å². The van der Waals surface area contributed by atoms with E-state index in [9.17, 15) is 14.7 Å². The molecule has 8 heteroatoms. The van der Waals surface area contributed by atoms with Gasteiger partial charge in [-0.05, 0) is 58.7 Å². The van der Waals surface area contributed by atoms with Gasteiger partial charge in [-0.25, -0.2) is 5.43 Å². The smallest absolute Gasteiger partial charge is 0.252 e. The van der Waals surface area contributed by atoms with Crippen molar-refractivity contribution in [2.24, 2.45) is 5.10 Å². The Balaban J connectivity index is 1.78. The molecule has 0 saturated heterocycles. The minimum atomic E-state index is -0.331. The van der Waals surface area contributed by atoms with E-state index in [2.05, 4.69) is 31.8 Å². The molecule has 0 aliphatic rings. The summed E-state index contributed by atoms with van der Waals surface area (Å²) in [4.78, 5) is 23.8. The van der Waals surface area contributed by atoms with Crippen molar-refractivity contribution >= 4 is 34.0 Å². The van der Waals surface area contributed by atoms with Crippen LogP contribution in [0.1, 0.15) is 29.3 Å². The molecule has 2 aromatic rings. The highest BCUT2D eigenvalue weighted by Gasteiger charge is 2.09. The van der Waals surface area contributed by atoms with Crippen molar-refractivity contribution in [3.8, 4) is 11.5 Å². The lowest BCUT2D eigenvalue weighted by atomic mass is 10.2. The van der Waals surface area contributed by atoms with Gasteiger partial charge >= 0.3 is 0 Å². The van der Waals surface area contributed by atoms with Crippen LogP contribution in [0.5, 0.6) is 11.5 Å². The summed E-state index contributed by atoms with van der Waals surface area (Å²) in [6, 6.07) is 11.8. The highest BCUT2D eigenvalue weighted by Crippen LogP contribution is 2.26. The Hall–Kier alpha value is -2.87. The van der Waals surface area contributed by atoms with E-state index in [-0.39, 0.29) is 30.5 Å². The van der Waals surface area contributed by atoms with Crippen LogP contribution in [0.15, 0.2) is 52.0 Å². The first-order valence-electron chi connectivity index (χ1n) is 8.31. The number of benzene rings is 2. The highest BCUT2D eigenvalue weighted by molar-refractivity contribution is 9.10. The average Bonchev–Trinajstić information content (AvgIpc) is 2.65. The summed E-state index contributed by atoms with van der Waals surface area (Å²) in [6.07, 6.45) is 1.53. The number of rotatable bonds is 8. The van der Waals surface area contributed by atoms with Gasteiger partial charge in [0.15, 0.2) is 11.5 Å². The van der Waals surface area contributed by atoms with Gasteiger partial charge in [0.2, 0.25) is 5.91 Å². The largest absolute Gasteiger partial charge is 0.504 e. The van der Waals surface area contributed by atoms with Gasteiger partial charge in [-0.2, -0.15) is 5.10 Å². The molecule has 2 aromatic carbocycles. The summed E-state index contributed by atoms with van der Waals surface area (Å²) in [6.45, 7) is 2.43. The minimum absolute atomic E-state index is 0.0406. The number of hydrazone groups is 1.